The van der Waals surface area contributed by atoms with Gasteiger partial charge in [0.05, 0.1) is 4.90 Å². The third-order valence-electron chi connectivity index (χ3n) is 3.66. The SMILES string of the molecule is CC(C)(C)NS(=O)(=O)c1ccc(CC2CCNCC2)cc1.Cl. The van der Waals surface area contributed by atoms with Crippen LogP contribution in [-0.4, -0.2) is 27.0 Å². The molecule has 1 aliphatic rings. The smallest absolute Gasteiger partial charge is 0.241 e. The predicted molar refractivity (Wildman–Crippen MR) is 93.1 cm³/mol. The summed E-state index contributed by atoms with van der Waals surface area (Å²) in [5.41, 5.74) is 0.753. The summed E-state index contributed by atoms with van der Waals surface area (Å²) in [6.45, 7) is 7.71. The molecule has 1 saturated heterocycles. The van der Waals surface area contributed by atoms with Crippen LogP contribution >= 0.6 is 12.4 Å². The Bertz CT molecular complexity index is 559. The fraction of sp³-hybridized carbons (Fsp3) is 0.625. The highest BCUT2D eigenvalue weighted by molar-refractivity contribution is 7.89. The largest absolute Gasteiger partial charge is 0.317 e. The maximum absolute atomic E-state index is 12.2. The van der Waals surface area contributed by atoms with E-state index in [4.69, 9.17) is 0 Å². The molecular weight excluding hydrogens is 320 g/mol. The lowest BCUT2D eigenvalue weighted by Gasteiger charge is -2.23. The van der Waals surface area contributed by atoms with E-state index >= 15 is 0 Å². The number of rotatable bonds is 4. The molecule has 0 bridgehead atoms. The minimum absolute atomic E-state index is 0. The average molecular weight is 347 g/mol. The molecule has 1 aromatic rings. The highest BCUT2D eigenvalue weighted by Crippen LogP contribution is 2.20. The summed E-state index contributed by atoms with van der Waals surface area (Å²) in [6.07, 6.45) is 3.44. The van der Waals surface area contributed by atoms with Gasteiger partial charge in [0.2, 0.25) is 10.0 Å². The van der Waals surface area contributed by atoms with Gasteiger partial charge >= 0.3 is 0 Å². The van der Waals surface area contributed by atoms with E-state index < -0.39 is 15.6 Å². The molecule has 4 nitrogen and oxygen atoms in total. The molecule has 1 aromatic carbocycles. The molecule has 6 heteroatoms. The lowest BCUT2D eigenvalue weighted by atomic mass is 9.91. The average Bonchev–Trinajstić information content (AvgIpc) is 2.38. The molecule has 0 unspecified atom stereocenters. The zero-order valence-corrected chi connectivity index (χ0v) is 15.2. The van der Waals surface area contributed by atoms with Crippen LogP contribution in [0, 0.1) is 5.92 Å². The quantitative estimate of drug-likeness (QED) is 0.881. The summed E-state index contributed by atoms with van der Waals surface area (Å²) >= 11 is 0. The Morgan fingerprint density at radius 3 is 2.18 bits per heavy atom. The van der Waals surface area contributed by atoms with E-state index in [-0.39, 0.29) is 12.4 Å². The van der Waals surface area contributed by atoms with Gasteiger partial charge in [-0.2, -0.15) is 0 Å². The number of hydrogen-bond acceptors (Lipinski definition) is 3. The van der Waals surface area contributed by atoms with Crippen LogP contribution in [0.4, 0.5) is 0 Å². The Balaban J connectivity index is 0.00000242. The molecule has 2 rings (SSSR count). The second-order valence-electron chi connectivity index (χ2n) is 6.90. The third-order valence-corrected chi connectivity index (χ3v) is 5.43. The van der Waals surface area contributed by atoms with Gasteiger partial charge in [0.25, 0.3) is 0 Å². The van der Waals surface area contributed by atoms with Crippen LogP contribution in [0.15, 0.2) is 29.2 Å². The predicted octanol–water partition coefficient (Wildman–Crippen LogP) is 2.73. The minimum Gasteiger partial charge on any atom is -0.317 e. The number of sulfonamides is 1. The molecule has 0 aromatic heterocycles. The van der Waals surface area contributed by atoms with E-state index in [2.05, 4.69) is 10.0 Å². The lowest BCUT2D eigenvalue weighted by molar-refractivity contribution is 0.372. The van der Waals surface area contributed by atoms with Crippen LogP contribution in [0.2, 0.25) is 0 Å². The Labute approximate surface area is 140 Å². The maximum atomic E-state index is 12.2. The molecule has 22 heavy (non-hydrogen) atoms. The number of halogens is 1. The van der Waals surface area contributed by atoms with Crippen LogP contribution < -0.4 is 10.0 Å². The fourth-order valence-electron chi connectivity index (χ4n) is 2.69. The van der Waals surface area contributed by atoms with Crippen LogP contribution in [0.1, 0.15) is 39.2 Å². The molecule has 126 valence electrons. The Hall–Kier alpha value is -0.620. The number of piperidine rings is 1. The third kappa shape index (κ3) is 5.88. The van der Waals surface area contributed by atoms with Crippen molar-refractivity contribution in [1.82, 2.24) is 10.0 Å². The van der Waals surface area contributed by atoms with Crippen molar-refractivity contribution < 1.29 is 8.42 Å². The van der Waals surface area contributed by atoms with E-state index in [1.54, 1.807) is 12.1 Å². The molecule has 0 radical (unpaired) electrons. The van der Waals surface area contributed by atoms with Gasteiger partial charge in [0.1, 0.15) is 0 Å². The van der Waals surface area contributed by atoms with Crippen LogP contribution in [0.5, 0.6) is 0 Å². The summed E-state index contributed by atoms with van der Waals surface area (Å²) in [6, 6.07) is 7.31. The molecule has 2 N–H and O–H groups in total. The second kappa shape index (κ2) is 7.77. The monoisotopic (exact) mass is 346 g/mol. The summed E-state index contributed by atoms with van der Waals surface area (Å²) in [5, 5.41) is 3.36. The van der Waals surface area contributed by atoms with E-state index in [0.717, 1.165) is 19.5 Å². The number of hydrogen-bond donors (Lipinski definition) is 2. The van der Waals surface area contributed by atoms with Gasteiger partial charge in [-0.1, -0.05) is 12.1 Å². The van der Waals surface area contributed by atoms with Crippen molar-refractivity contribution in [2.75, 3.05) is 13.1 Å². The van der Waals surface area contributed by atoms with Crippen molar-refractivity contribution in [3.63, 3.8) is 0 Å². The van der Waals surface area contributed by atoms with E-state index in [1.165, 1.54) is 18.4 Å². The summed E-state index contributed by atoms with van der Waals surface area (Å²) in [7, 11) is -3.43. The summed E-state index contributed by atoms with van der Waals surface area (Å²) in [4.78, 5) is 0.339. The minimum atomic E-state index is -3.43. The molecule has 1 aliphatic heterocycles. The first-order valence-electron chi connectivity index (χ1n) is 7.60. The Morgan fingerprint density at radius 2 is 1.68 bits per heavy atom. The first kappa shape index (κ1) is 19.4. The highest BCUT2D eigenvalue weighted by Gasteiger charge is 2.22. The molecule has 0 saturated carbocycles. The van der Waals surface area contributed by atoms with Crippen molar-refractivity contribution in [1.29, 1.82) is 0 Å². The van der Waals surface area contributed by atoms with E-state index in [1.807, 2.05) is 32.9 Å². The molecule has 0 atom stereocenters. The first-order valence-corrected chi connectivity index (χ1v) is 9.08. The van der Waals surface area contributed by atoms with Crippen molar-refractivity contribution in [2.24, 2.45) is 5.92 Å². The fourth-order valence-corrected chi connectivity index (χ4v) is 4.10. The number of benzene rings is 1. The van der Waals surface area contributed by atoms with Crippen molar-refractivity contribution >= 4 is 22.4 Å². The highest BCUT2D eigenvalue weighted by atomic mass is 35.5. The normalized spacial score (nSPS) is 17.0. The van der Waals surface area contributed by atoms with Gasteiger partial charge in [-0.05, 0) is 76.7 Å². The van der Waals surface area contributed by atoms with Crippen LogP contribution in [0.3, 0.4) is 0 Å². The standard InChI is InChI=1S/C16H26N2O2S.ClH/c1-16(2,3)18-21(19,20)15-6-4-13(5-7-15)12-14-8-10-17-11-9-14;/h4-7,14,17-18H,8-12H2,1-3H3;1H. The molecule has 1 fully saturated rings. The first-order chi connectivity index (χ1) is 9.76. The van der Waals surface area contributed by atoms with E-state index in [9.17, 15) is 8.42 Å². The van der Waals surface area contributed by atoms with Gasteiger partial charge in [-0.15, -0.1) is 12.4 Å². The Morgan fingerprint density at radius 1 is 1.14 bits per heavy atom. The summed E-state index contributed by atoms with van der Waals surface area (Å²) in [5.74, 6) is 0.710. The van der Waals surface area contributed by atoms with Gasteiger partial charge in [0.15, 0.2) is 0 Å². The lowest BCUT2D eigenvalue weighted by Crippen LogP contribution is -2.40. The van der Waals surface area contributed by atoms with Gasteiger partial charge < -0.3 is 5.32 Å². The Kier molecular flexibility index (Phi) is 6.86. The maximum Gasteiger partial charge on any atom is 0.241 e. The van der Waals surface area contributed by atoms with Crippen molar-refractivity contribution in [2.45, 2.75) is 50.5 Å². The van der Waals surface area contributed by atoms with Crippen molar-refractivity contribution in [3.8, 4) is 0 Å². The zero-order chi connectivity index (χ0) is 15.5. The van der Waals surface area contributed by atoms with Gasteiger partial charge in [-0.25, -0.2) is 13.1 Å². The zero-order valence-electron chi connectivity index (χ0n) is 13.6. The topological polar surface area (TPSA) is 58.2 Å². The summed E-state index contributed by atoms with van der Waals surface area (Å²) < 4.78 is 27.1. The molecule has 0 spiro atoms. The molecule has 1 heterocycles. The van der Waals surface area contributed by atoms with Gasteiger partial charge in [-0.3, -0.25) is 0 Å². The van der Waals surface area contributed by atoms with Crippen LogP contribution in [-0.2, 0) is 16.4 Å². The molecule has 0 aliphatic carbocycles. The van der Waals surface area contributed by atoms with Crippen molar-refractivity contribution in [3.05, 3.63) is 29.8 Å². The number of nitrogens with one attached hydrogen (secondary N) is 2. The van der Waals surface area contributed by atoms with Gasteiger partial charge in [0, 0.05) is 5.54 Å². The van der Waals surface area contributed by atoms with Crippen LogP contribution in [0.25, 0.3) is 0 Å². The molecule has 0 amide bonds. The molecular formula is C16H27ClN2O2S. The van der Waals surface area contributed by atoms with E-state index in [0.29, 0.717) is 10.8 Å². The second-order valence-corrected chi connectivity index (χ2v) is 8.58.